The monoisotopic (exact) mass is 457 g/mol. The first-order valence-electron chi connectivity index (χ1n) is 12.2. The summed E-state index contributed by atoms with van der Waals surface area (Å²) in [7, 11) is -2.05. The van der Waals surface area contributed by atoms with E-state index in [1.807, 2.05) is 6.07 Å². The van der Waals surface area contributed by atoms with Gasteiger partial charge in [-0.25, -0.2) is 9.59 Å². The number of fused-ring (bicyclic) bond motifs is 3. The third kappa shape index (κ3) is 3.60. The predicted molar refractivity (Wildman–Crippen MR) is 132 cm³/mol. The molecule has 0 saturated heterocycles. The molecule has 2 aromatic rings. The van der Waals surface area contributed by atoms with Crippen LogP contribution >= 0.6 is 0 Å². The zero-order chi connectivity index (χ0) is 23.8. The molecule has 176 valence electrons. The minimum atomic E-state index is -2.05. The van der Waals surface area contributed by atoms with Crippen LogP contribution in [0.5, 0.6) is 0 Å². The Labute approximate surface area is 193 Å². The molecule has 0 aliphatic heterocycles. The maximum atomic E-state index is 13.2. The lowest BCUT2D eigenvalue weighted by molar-refractivity contribution is 0.0480. The van der Waals surface area contributed by atoms with Gasteiger partial charge in [0.05, 0.1) is 24.3 Å². The largest absolute Gasteiger partial charge is 0.462 e. The number of hydrogen-bond donors (Lipinski definition) is 0. The van der Waals surface area contributed by atoms with Crippen LogP contribution < -0.4 is 0 Å². The van der Waals surface area contributed by atoms with E-state index in [0.29, 0.717) is 27.8 Å². The lowest BCUT2D eigenvalue weighted by Gasteiger charge is -2.45. The van der Waals surface area contributed by atoms with Crippen molar-refractivity contribution in [1.29, 1.82) is 0 Å². The van der Waals surface area contributed by atoms with Crippen LogP contribution in [-0.4, -0.2) is 37.6 Å². The minimum absolute atomic E-state index is 0.267. The van der Waals surface area contributed by atoms with E-state index in [0.717, 1.165) is 35.7 Å². The highest BCUT2D eigenvalue weighted by atomic mass is 28.3. The van der Waals surface area contributed by atoms with Gasteiger partial charge in [-0.1, -0.05) is 41.5 Å². The Balaban J connectivity index is 2.49. The third-order valence-electron chi connectivity index (χ3n) is 7.36. The van der Waals surface area contributed by atoms with Crippen LogP contribution in [0.4, 0.5) is 0 Å². The van der Waals surface area contributed by atoms with Crippen LogP contribution in [0.25, 0.3) is 10.9 Å². The molecule has 5 nitrogen and oxygen atoms in total. The quantitative estimate of drug-likeness (QED) is 0.335. The van der Waals surface area contributed by atoms with E-state index in [4.69, 9.17) is 9.47 Å². The van der Waals surface area contributed by atoms with E-state index in [-0.39, 0.29) is 13.2 Å². The lowest BCUT2D eigenvalue weighted by atomic mass is 9.93. The standard InChI is InChI=1S/C26H39NO4Si/c1-9-30-25(28)22-19-12-11-13-20(19)24-21(23(22)26(29)31-10-2)14-15-27(24)32(16(3)4,17(5)6)18(7)8/h14-18H,9-13H2,1-8H3. The molecular weight excluding hydrogens is 418 g/mol. The topological polar surface area (TPSA) is 57.5 Å². The number of esters is 2. The van der Waals surface area contributed by atoms with Crippen LogP contribution in [0.1, 0.15) is 93.7 Å². The molecule has 0 radical (unpaired) electrons. The van der Waals surface area contributed by atoms with Crippen molar-refractivity contribution in [3.05, 3.63) is 34.5 Å². The summed E-state index contributed by atoms with van der Waals surface area (Å²) in [5.41, 5.74) is 5.73. The van der Waals surface area contributed by atoms with E-state index in [2.05, 4.69) is 52.0 Å². The SMILES string of the molecule is CCOC(=O)c1c2c(c3c(ccn3[Si](C(C)C)(C(C)C)C(C)C)c1C(=O)OCC)CCC2. The van der Waals surface area contributed by atoms with Gasteiger partial charge in [0.25, 0.3) is 0 Å². The van der Waals surface area contributed by atoms with Crippen molar-refractivity contribution in [2.45, 2.75) is 91.3 Å². The van der Waals surface area contributed by atoms with Crippen molar-refractivity contribution < 1.29 is 19.1 Å². The molecule has 6 heteroatoms. The number of rotatable bonds is 8. The predicted octanol–water partition coefficient (Wildman–Crippen LogP) is 6.51. The molecule has 32 heavy (non-hydrogen) atoms. The molecule has 1 aromatic carbocycles. The van der Waals surface area contributed by atoms with Gasteiger partial charge < -0.3 is 13.7 Å². The fourth-order valence-corrected chi connectivity index (χ4v) is 13.2. The van der Waals surface area contributed by atoms with Gasteiger partial charge in [-0.05, 0) is 73.1 Å². The van der Waals surface area contributed by atoms with Crippen LogP contribution in [0, 0.1) is 0 Å². The Morgan fingerprint density at radius 1 is 0.875 bits per heavy atom. The molecule has 1 heterocycles. The summed E-state index contributed by atoms with van der Waals surface area (Å²) in [5.74, 6) is -0.845. The highest BCUT2D eigenvalue weighted by Gasteiger charge is 2.47. The number of carbonyl (C=O) groups excluding carboxylic acids is 2. The molecule has 3 rings (SSSR count). The molecule has 0 amide bonds. The number of aromatic nitrogens is 1. The Bertz CT molecular complexity index is 997. The number of ether oxygens (including phenoxy) is 2. The maximum Gasteiger partial charge on any atom is 0.339 e. The minimum Gasteiger partial charge on any atom is -0.462 e. The second-order valence-corrected chi connectivity index (χ2v) is 15.5. The summed E-state index contributed by atoms with van der Waals surface area (Å²) in [6.45, 7) is 18.2. The van der Waals surface area contributed by atoms with Gasteiger partial charge in [-0.3, -0.25) is 0 Å². The number of hydrogen-bond acceptors (Lipinski definition) is 4. The average Bonchev–Trinajstić information content (AvgIpc) is 3.34. The Kier molecular flexibility index (Phi) is 7.23. The van der Waals surface area contributed by atoms with E-state index in [9.17, 15) is 9.59 Å². The van der Waals surface area contributed by atoms with Crippen molar-refractivity contribution in [2.24, 2.45) is 0 Å². The molecule has 0 saturated carbocycles. The Hall–Kier alpha value is -2.08. The van der Waals surface area contributed by atoms with Crippen molar-refractivity contribution in [3.63, 3.8) is 0 Å². The summed E-state index contributed by atoms with van der Waals surface area (Å²) in [5, 5.41) is 0.839. The van der Waals surface area contributed by atoms with Crippen LogP contribution in [0.2, 0.25) is 16.6 Å². The maximum absolute atomic E-state index is 13.2. The molecule has 1 aromatic heterocycles. The number of aryl methyl sites for hydroxylation is 1. The highest BCUT2D eigenvalue weighted by molar-refractivity contribution is 6.82. The number of nitrogens with zero attached hydrogens (tertiary/aromatic N) is 1. The van der Waals surface area contributed by atoms with Crippen molar-refractivity contribution in [2.75, 3.05) is 13.2 Å². The van der Waals surface area contributed by atoms with Crippen LogP contribution in [0.15, 0.2) is 12.3 Å². The van der Waals surface area contributed by atoms with Gasteiger partial charge >= 0.3 is 11.9 Å². The van der Waals surface area contributed by atoms with Gasteiger partial charge in [-0.2, -0.15) is 0 Å². The van der Waals surface area contributed by atoms with Crippen LogP contribution in [-0.2, 0) is 22.3 Å². The van der Waals surface area contributed by atoms with Crippen molar-refractivity contribution in [1.82, 2.24) is 4.23 Å². The van der Waals surface area contributed by atoms with E-state index < -0.39 is 20.2 Å². The highest BCUT2D eigenvalue weighted by Crippen LogP contribution is 2.47. The zero-order valence-corrected chi connectivity index (χ0v) is 22.0. The van der Waals surface area contributed by atoms with E-state index in [1.165, 1.54) is 5.56 Å². The Morgan fingerprint density at radius 3 is 1.88 bits per heavy atom. The summed E-state index contributed by atoms with van der Waals surface area (Å²) in [6.07, 6.45) is 4.88. The third-order valence-corrected chi connectivity index (χ3v) is 14.1. The summed E-state index contributed by atoms with van der Waals surface area (Å²) >= 11 is 0. The molecule has 0 spiro atoms. The molecule has 1 aliphatic rings. The summed E-state index contributed by atoms with van der Waals surface area (Å²) in [6, 6.07) is 2.04. The normalized spacial score (nSPS) is 14.0. The van der Waals surface area contributed by atoms with Crippen molar-refractivity contribution >= 4 is 31.1 Å². The molecule has 0 atom stereocenters. The lowest BCUT2D eigenvalue weighted by Crippen LogP contribution is -2.51. The number of carbonyl (C=O) groups is 2. The fraction of sp³-hybridized carbons (Fsp3) is 0.615. The van der Waals surface area contributed by atoms with E-state index in [1.54, 1.807) is 13.8 Å². The van der Waals surface area contributed by atoms with Gasteiger partial charge in [0.1, 0.15) is 0 Å². The van der Waals surface area contributed by atoms with Gasteiger partial charge in [0, 0.05) is 10.9 Å². The summed E-state index contributed by atoms with van der Waals surface area (Å²) in [4.78, 5) is 26.3. The first-order chi connectivity index (χ1) is 15.1. The molecule has 0 bridgehead atoms. The molecule has 0 unspecified atom stereocenters. The molecule has 1 aliphatic carbocycles. The second kappa shape index (κ2) is 9.42. The molecular formula is C26H39NO4Si. The van der Waals surface area contributed by atoms with Gasteiger partial charge in [0.2, 0.25) is 0 Å². The van der Waals surface area contributed by atoms with Gasteiger partial charge in [-0.15, -0.1) is 0 Å². The zero-order valence-electron chi connectivity index (χ0n) is 21.0. The second-order valence-electron chi connectivity index (χ2n) is 9.80. The first kappa shape index (κ1) is 24.6. The van der Waals surface area contributed by atoms with Gasteiger partial charge in [0.15, 0.2) is 8.24 Å². The van der Waals surface area contributed by atoms with Crippen LogP contribution in [0.3, 0.4) is 0 Å². The molecule has 0 fully saturated rings. The Morgan fingerprint density at radius 2 is 1.38 bits per heavy atom. The first-order valence-corrected chi connectivity index (χ1v) is 14.4. The average molecular weight is 458 g/mol. The fourth-order valence-electron chi connectivity index (χ4n) is 6.51. The summed E-state index contributed by atoms with van der Waals surface area (Å²) < 4.78 is 13.4. The van der Waals surface area contributed by atoms with E-state index >= 15 is 0 Å². The van der Waals surface area contributed by atoms with Crippen molar-refractivity contribution in [3.8, 4) is 0 Å². The number of benzene rings is 1. The smallest absolute Gasteiger partial charge is 0.339 e. The molecule has 0 N–H and O–H groups in total.